The average molecular weight is 263 g/mol. The number of hydrogen-bond donors (Lipinski definition) is 2. The Kier molecular flexibility index (Phi) is 4.10. The lowest BCUT2D eigenvalue weighted by atomic mass is 9.97. The minimum absolute atomic E-state index is 0.157. The average Bonchev–Trinajstić information content (AvgIpc) is 2.77. The number of aryl methyl sites for hydroxylation is 1. The molecule has 0 aromatic heterocycles. The Morgan fingerprint density at radius 1 is 1.42 bits per heavy atom. The summed E-state index contributed by atoms with van der Waals surface area (Å²) in [7, 11) is 1.58. The topological polar surface area (TPSA) is 58.6 Å². The lowest BCUT2D eigenvalue weighted by Gasteiger charge is -2.21. The first-order valence-corrected chi connectivity index (χ1v) is 6.69. The fourth-order valence-corrected chi connectivity index (χ4v) is 2.60. The quantitative estimate of drug-likeness (QED) is 0.878. The summed E-state index contributed by atoms with van der Waals surface area (Å²) in [5, 5.41) is 13.0. The van der Waals surface area contributed by atoms with Crippen molar-refractivity contribution in [1.82, 2.24) is 0 Å². The van der Waals surface area contributed by atoms with E-state index in [2.05, 4.69) is 5.32 Å². The third-order valence-corrected chi connectivity index (χ3v) is 3.65. The van der Waals surface area contributed by atoms with Gasteiger partial charge in [-0.15, -0.1) is 0 Å². The van der Waals surface area contributed by atoms with Crippen LogP contribution in [0.1, 0.15) is 37.7 Å². The van der Waals surface area contributed by atoms with Gasteiger partial charge >= 0.3 is 0 Å². The first-order chi connectivity index (χ1) is 9.02. The molecule has 0 unspecified atom stereocenters. The van der Waals surface area contributed by atoms with Crippen molar-refractivity contribution in [3.63, 3.8) is 0 Å². The zero-order valence-electron chi connectivity index (χ0n) is 11.5. The Labute approximate surface area is 113 Å². The number of ether oxygens (including phenoxy) is 1. The first kappa shape index (κ1) is 13.9. The summed E-state index contributed by atoms with van der Waals surface area (Å²) in [6.45, 7) is 1.97. The second-order valence-corrected chi connectivity index (χ2v) is 5.36. The molecule has 1 amide bonds. The number of rotatable bonds is 4. The maximum Gasteiger partial charge on any atom is 0.227 e. The van der Waals surface area contributed by atoms with Crippen molar-refractivity contribution < 1.29 is 14.6 Å². The summed E-state index contributed by atoms with van der Waals surface area (Å²) in [5.41, 5.74) is 0.908. The molecule has 0 heterocycles. The summed E-state index contributed by atoms with van der Waals surface area (Å²) < 4.78 is 5.24. The lowest BCUT2D eigenvalue weighted by molar-refractivity contribution is -0.120. The van der Waals surface area contributed by atoms with Crippen LogP contribution in [0.3, 0.4) is 0 Å². The van der Waals surface area contributed by atoms with Crippen molar-refractivity contribution in [3.8, 4) is 5.75 Å². The monoisotopic (exact) mass is 263 g/mol. The number of methoxy groups -OCH3 is 1. The van der Waals surface area contributed by atoms with E-state index in [0.29, 0.717) is 24.3 Å². The van der Waals surface area contributed by atoms with Gasteiger partial charge in [-0.2, -0.15) is 0 Å². The number of benzene rings is 1. The van der Waals surface area contributed by atoms with E-state index in [4.69, 9.17) is 4.74 Å². The minimum atomic E-state index is -0.817. The van der Waals surface area contributed by atoms with Crippen molar-refractivity contribution in [1.29, 1.82) is 0 Å². The molecule has 19 heavy (non-hydrogen) atoms. The highest BCUT2D eigenvalue weighted by atomic mass is 16.5. The van der Waals surface area contributed by atoms with Gasteiger partial charge in [-0.1, -0.05) is 18.9 Å². The van der Waals surface area contributed by atoms with E-state index in [0.717, 1.165) is 18.4 Å². The standard InChI is InChI=1S/C15H21NO3/c1-11-5-6-12(13(9-11)19-2)16-14(17)10-15(18)7-3-4-8-15/h5-6,9,18H,3-4,7-8,10H2,1-2H3,(H,16,17). The second kappa shape index (κ2) is 5.61. The van der Waals surface area contributed by atoms with Crippen molar-refractivity contribution >= 4 is 11.6 Å². The van der Waals surface area contributed by atoms with Crippen molar-refractivity contribution in [3.05, 3.63) is 23.8 Å². The number of hydrogen-bond acceptors (Lipinski definition) is 3. The van der Waals surface area contributed by atoms with E-state index < -0.39 is 5.60 Å². The summed E-state index contributed by atoms with van der Waals surface area (Å²) in [5.74, 6) is 0.485. The second-order valence-electron chi connectivity index (χ2n) is 5.36. The molecule has 1 aromatic rings. The van der Waals surface area contributed by atoms with Crippen LogP contribution in [0.5, 0.6) is 5.75 Å². The Morgan fingerprint density at radius 2 is 2.11 bits per heavy atom. The predicted molar refractivity (Wildman–Crippen MR) is 74.4 cm³/mol. The van der Waals surface area contributed by atoms with Gasteiger partial charge in [-0.25, -0.2) is 0 Å². The highest BCUT2D eigenvalue weighted by molar-refractivity contribution is 5.93. The maximum absolute atomic E-state index is 12.0. The molecular formula is C15H21NO3. The van der Waals surface area contributed by atoms with E-state index >= 15 is 0 Å². The lowest BCUT2D eigenvalue weighted by Crippen LogP contribution is -2.30. The molecule has 0 radical (unpaired) electrons. The molecule has 1 fully saturated rings. The highest BCUT2D eigenvalue weighted by Gasteiger charge is 2.33. The van der Waals surface area contributed by atoms with E-state index in [1.807, 2.05) is 25.1 Å². The van der Waals surface area contributed by atoms with Gasteiger partial charge in [0.05, 0.1) is 24.8 Å². The molecule has 1 aliphatic carbocycles. The van der Waals surface area contributed by atoms with Gasteiger partial charge in [0, 0.05) is 0 Å². The highest BCUT2D eigenvalue weighted by Crippen LogP contribution is 2.33. The Bertz CT molecular complexity index is 464. The molecule has 0 aliphatic heterocycles. The number of anilines is 1. The molecule has 4 heteroatoms. The number of aliphatic hydroxyl groups is 1. The summed E-state index contributed by atoms with van der Waals surface area (Å²) >= 11 is 0. The molecule has 4 nitrogen and oxygen atoms in total. The van der Waals surface area contributed by atoms with E-state index in [9.17, 15) is 9.90 Å². The van der Waals surface area contributed by atoms with Crippen LogP contribution in [0.4, 0.5) is 5.69 Å². The number of carbonyl (C=O) groups is 1. The van der Waals surface area contributed by atoms with Crippen molar-refractivity contribution in [2.24, 2.45) is 0 Å². The van der Waals surface area contributed by atoms with E-state index in [1.54, 1.807) is 7.11 Å². The van der Waals surface area contributed by atoms with Crippen LogP contribution in [0.2, 0.25) is 0 Å². The third-order valence-electron chi connectivity index (χ3n) is 3.65. The largest absolute Gasteiger partial charge is 0.495 e. The first-order valence-electron chi connectivity index (χ1n) is 6.69. The fraction of sp³-hybridized carbons (Fsp3) is 0.533. The van der Waals surface area contributed by atoms with Crippen LogP contribution in [0.25, 0.3) is 0 Å². The van der Waals surface area contributed by atoms with Gasteiger partial charge < -0.3 is 15.2 Å². The molecule has 0 atom stereocenters. The van der Waals surface area contributed by atoms with Crippen LogP contribution < -0.4 is 10.1 Å². The molecule has 0 spiro atoms. The molecule has 1 aliphatic rings. The third kappa shape index (κ3) is 3.47. The maximum atomic E-state index is 12.0. The van der Waals surface area contributed by atoms with Gasteiger partial charge in [0.25, 0.3) is 0 Å². The Morgan fingerprint density at radius 3 is 2.74 bits per heavy atom. The van der Waals surface area contributed by atoms with Gasteiger partial charge in [0.2, 0.25) is 5.91 Å². The number of nitrogens with one attached hydrogen (secondary N) is 1. The molecule has 104 valence electrons. The van der Waals surface area contributed by atoms with Crippen LogP contribution >= 0.6 is 0 Å². The predicted octanol–water partition coefficient (Wildman–Crippen LogP) is 2.64. The van der Waals surface area contributed by atoms with Crippen molar-refractivity contribution in [2.45, 2.75) is 44.6 Å². The van der Waals surface area contributed by atoms with E-state index in [1.165, 1.54) is 0 Å². The molecule has 2 N–H and O–H groups in total. The zero-order chi connectivity index (χ0) is 13.9. The van der Waals surface area contributed by atoms with Crippen molar-refractivity contribution in [2.75, 3.05) is 12.4 Å². The summed E-state index contributed by atoms with van der Waals surface area (Å²) in [6, 6.07) is 5.62. The Hall–Kier alpha value is -1.55. The van der Waals surface area contributed by atoms with Crippen LogP contribution in [0, 0.1) is 6.92 Å². The minimum Gasteiger partial charge on any atom is -0.495 e. The van der Waals surface area contributed by atoms with Crippen LogP contribution in [-0.2, 0) is 4.79 Å². The summed E-state index contributed by atoms with van der Waals surface area (Å²) in [6.07, 6.45) is 3.58. The summed E-state index contributed by atoms with van der Waals surface area (Å²) in [4.78, 5) is 12.0. The molecule has 1 saturated carbocycles. The van der Waals surface area contributed by atoms with E-state index in [-0.39, 0.29) is 12.3 Å². The molecule has 1 aromatic carbocycles. The molecular weight excluding hydrogens is 242 g/mol. The number of amides is 1. The van der Waals surface area contributed by atoms with Gasteiger partial charge in [0.15, 0.2) is 0 Å². The Balaban J connectivity index is 2.02. The van der Waals surface area contributed by atoms with Crippen LogP contribution in [0.15, 0.2) is 18.2 Å². The smallest absolute Gasteiger partial charge is 0.227 e. The van der Waals surface area contributed by atoms with Gasteiger partial charge in [-0.3, -0.25) is 4.79 Å². The fourth-order valence-electron chi connectivity index (χ4n) is 2.60. The SMILES string of the molecule is COc1cc(C)ccc1NC(=O)CC1(O)CCCC1. The zero-order valence-corrected chi connectivity index (χ0v) is 11.5. The number of carbonyl (C=O) groups excluding carboxylic acids is 1. The normalized spacial score (nSPS) is 17.2. The molecule has 2 rings (SSSR count). The van der Waals surface area contributed by atoms with Gasteiger partial charge in [0.1, 0.15) is 5.75 Å². The molecule has 0 bridgehead atoms. The van der Waals surface area contributed by atoms with Gasteiger partial charge in [-0.05, 0) is 37.5 Å². The van der Waals surface area contributed by atoms with Crippen LogP contribution in [-0.4, -0.2) is 23.7 Å². The molecule has 0 saturated heterocycles.